The lowest BCUT2D eigenvalue weighted by atomic mass is 9.56. The molecule has 34 heavy (non-hydrogen) atoms. The molecule has 2 saturated carbocycles. The van der Waals surface area contributed by atoms with Crippen LogP contribution in [-0.2, 0) is 14.3 Å². The fourth-order valence-corrected chi connectivity index (χ4v) is 7.65. The van der Waals surface area contributed by atoms with Gasteiger partial charge in [-0.2, -0.15) is 0 Å². The first-order valence-electron chi connectivity index (χ1n) is 13.9. The van der Waals surface area contributed by atoms with Crippen LogP contribution in [0.25, 0.3) is 0 Å². The Morgan fingerprint density at radius 1 is 1.15 bits per heavy atom. The Kier molecular flexibility index (Phi) is 8.75. The Labute approximate surface area is 208 Å². The van der Waals surface area contributed by atoms with Gasteiger partial charge >= 0.3 is 5.97 Å². The predicted molar refractivity (Wildman–Crippen MR) is 137 cm³/mol. The molecule has 4 heteroatoms. The number of Topliss-reactive ketones (excluding diaryl/α,β-unsaturated/α-hetero) is 1. The van der Waals surface area contributed by atoms with Gasteiger partial charge in [0.25, 0.3) is 0 Å². The highest BCUT2D eigenvalue weighted by Gasteiger charge is 2.56. The van der Waals surface area contributed by atoms with Crippen LogP contribution in [0.5, 0.6) is 0 Å². The second kappa shape index (κ2) is 10.8. The summed E-state index contributed by atoms with van der Waals surface area (Å²) in [5.41, 5.74) is 0.751. The van der Waals surface area contributed by atoms with Gasteiger partial charge in [-0.25, -0.2) is 0 Å². The molecule has 0 heterocycles. The van der Waals surface area contributed by atoms with Gasteiger partial charge in [-0.1, -0.05) is 59.1 Å². The van der Waals surface area contributed by atoms with E-state index in [1.165, 1.54) is 25.3 Å². The molecule has 0 aromatic heterocycles. The van der Waals surface area contributed by atoms with Gasteiger partial charge in [0, 0.05) is 18.3 Å². The van der Waals surface area contributed by atoms with E-state index in [0.29, 0.717) is 48.9 Å². The maximum atomic E-state index is 14.0. The molecule has 0 aromatic carbocycles. The van der Waals surface area contributed by atoms with Crippen LogP contribution in [0.2, 0.25) is 0 Å². The van der Waals surface area contributed by atoms with Crippen LogP contribution in [0.3, 0.4) is 0 Å². The van der Waals surface area contributed by atoms with Gasteiger partial charge in [-0.3, -0.25) is 9.59 Å². The number of ketones is 1. The summed E-state index contributed by atoms with van der Waals surface area (Å²) >= 11 is 0. The van der Waals surface area contributed by atoms with Crippen molar-refractivity contribution in [2.45, 2.75) is 112 Å². The highest BCUT2D eigenvalue weighted by Crippen LogP contribution is 2.60. The van der Waals surface area contributed by atoms with E-state index in [9.17, 15) is 14.7 Å². The first-order valence-corrected chi connectivity index (χ1v) is 13.9. The molecule has 194 valence electrons. The van der Waals surface area contributed by atoms with Crippen molar-refractivity contribution in [2.75, 3.05) is 6.61 Å². The zero-order valence-electron chi connectivity index (χ0n) is 22.9. The van der Waals surface area contributed by atoms with E-state index in [0.717, 1.165) is 38.0 Å². The van der Waals surface area contributed by atoms with E-state index in [1.807, 2.05) is 0 Å². The third-order valence-corrected chi connectivity index (χ3v) is 10.5. The average Bonchev–Trinajstić information content (AvgIpc) is 3.10. The molecule has 8 atom stereocenters. The fraction of sp³-hybridized carbons (Fsp3) is 0.867. The number of carbonyl (C=O) groups excluding carboxylic acids is 2. The lowest BCUT2D eigenvalue weighted by Gasteiger charge is -2.48. The van der Waals surface area contributed by atoms with Crippen LogP contribution in [0.1, 0.15) is 106 Å². The van der Waals surface area contributed by atoms with Gasteiger partial charge in [0.1, 0.15) is 5.78 Å². The molecule has 3 aliphatic rings. The normalized spacial score (nSPS) is 37.8. The lowest BCUT2D eigenvalue weighted by Crippen LogP contribution is -2.47. The molecule has 0 spiro atoms. The molecule has 0 radical (unpaired) electrons. The number of hydrogen-bond acceptors (Lipinski definition) is 4. The maximum Gasteiger partial charge on any atom is 0.302 e. The number of allylic oxidation sites excluding steroid dienone is 1. The predicted octanol–water partition coefficient (Wildman–Crippen LogP) is 6.75. The topological polar surface area (TPSA) is 63.6 Å². The highest BCUT2D eigenvalue weighted by molar-refractivity contribution is 5.91. The molecule has 0 saturated heterocycles. The van der Waals surface area contributed by atoms with E-state index < -0.39 is 5.41 Å². The van der Waals surface area contributed by atoms with E-state index in [-0.39, 0.29) is 23.4 Å². The number of aliphatic hydroxyl groups excluding tert-OH is 1. The van der Waals surface area contributed by atoms with Crippen LogP contribution in [0.15, 0.2) is 11.6 Å². The quantitative estimate of drug-likeness (QED) is 0.297. The van der Waals surface area contributed by atoms with Crippen LogP contribution in [0, 0.1) is 46.3 Å². The van der Waals surface area contributed by atoms with Crippen molar-refractivity contribution in [1.82, 2.24) is 0 Å². The van der Waals surface area contributed by atoms with Gasteiger partial charge in [-0.05, 0) is 86.9 Å². The second-order valence-corrected chi connectivity index (χ2v) is 12.8. The molecule has 0 aliphatic heterocycles. The van der Waals surface area contributed by atoms with Crippen molar-refractivity contribution < 1.29 is 19.4 Å². The van der Waals surface area contributed by atoms with Crippen molar-refractivity contribution in [3.63, 3.8) is 0 Å². The Morgan fingerprint density at radius 2 is 1.85 bits per heavy atom. The molecule has 3 rings (SSSR count). The smallest absolute Gasteiger partial charge is 0.302 e. The number of carbonyl (C=O) groups is 2. The summed E-state index contributed by atoms with van der Waals surface area (Å²) in [7, 11) is 0. The summed E-state index contributed by atoms with van der Waals surface area (Å²) in [6.45, 7) is 15.8. The van der Waals surface area contributed by atoms with E-state index in [4.69, 9.17) is 4.74 Å². The van der Waals surface area contributed by atoms with Gasteiger partial charge in [0.2, 0.25) is 0 Å². The summed E-state index contributed by atoms with van der Waals surface area (Å²) in [5.74, 6) is 3.12. The minimum Gasteiger partial charge on any atom is -0.466 e. The number of hydrogen-bond donors (Lipinski definition) is 1. The van der Waals surface area contributed by atoms with Gasteiger partial charge in [0.05, 0.1) is 12.7 Å². The largest absolute Gasteiger partial charge is 0.466 e. The first kappa shape index (κ1) is 27.4. The van der Waals surface area contributed by atoms with E-state index in [2.05, 4.69) is 47.6 Å². The molecular formula is C30H50O4. The molecule has 4 nitrogen and oxygen atoms in total. The zero-order chi connectivity index (χ0) is 25.3. The number of fused-ring (bicyclic) bond motifs is 1. The Hall–Kier alpha value is -1.16. The van der Waals surface area contributed by atoms with Crippen molar-refractivity contribution in [1.29, 1.82) is 0 Å². The van der Waals surface area contributed by atoms with Gasteiger partial charge in [-0.15, -0.1) is 0 Å². The molecule has 3 aliphatic carbocycles. The highest BCUT2D eigenvalue weighted by atomic mass is 16.5. The standard InChI is InChI=1S/C30H50O4/c1-19(2)20(3)8-9-21(4)26-12-13-27(30(26,7)16-17-34-22(5)31)25-11-10-23-18-24(32)14-15-29(23,6)28(25)33/h10,19-21,24-27,32H,8-9,11-18H2,1-7H3/t20-,21+,24-,25-,26?,27?,29-,30+/m0/s1. The number of rotatable bonds is 9. The first-order chi connectivity index (χ1) is 15.9. The Morgan fingerprint density at radius 3 is 2.50 bits per heavy atom. The minimum atomic E-state index is -0.407. The second-order valence-electron chi connectivity index (χ2n) is 12.8. The third-order valence-electron chi connectivity index (χ3n) is 10.5. The summed E-state index contributed by atoms with van der Waals surface area (Å²) in [6.07, 6.45) is 10.5. The van der Waals surface area contributed by atoms with Crippen LogP contribution in [-0.4, -0.2) is 29.6 Å². The third kappa shape index (κ3) is 5.47. The number of aliphatic hydroxyl groups is 1. The molecular weight excluding hydrogens is 424 g/mol. The molecule has 2 fully saturated rings. The van der Waals surface area contributed by atoms with E-state index in [1.54, 1.807) is 0 Å². The summed E-state index contributed by atoms with van der Waals surface area (Å²) in [5, 5.41) is 10.2. The van der Waals surface area contributed by atoms with Crippen LogP contribution in [0.4, 0.5) is 0 Å². The monoisotopic (exact) mass is 474 g/mol. The number of esters is 1. The summed E-state index contributed by atoms with van der Waals surface area (Å²) < 4.78 is 5.44. The summed E-state index contributed by atoms with van der Waals surface area (Å²) in [4.78, 5) is 25.5. The van der Waals surface area contributed by atoms with Crippen LogP contribution >= 0.6 is 0 Å². The van der Waals surface area contributed by atoms with Gasteiger partial charge < -0.3 is 9.84 Å². The Balaban J connectivity index is 1.82. The average molecular weight is 475 g/mol. The van der Waals surface area contributed by atoms with Crippen molar-refractivity contribution in [3.05, 3.63) is 11.6 Å². The molecule has 0 amide bonds. The minimum absolute atomic E-state index is 0.00779. The van der Waals surface area contributed by atoms with Crippen molar-refractivity contribution in [2.24, 2.45) is 46.3 Å². The molecule has 1 N–H and O–H groups in total. The number of ether oxygens (including phenoxy) is 1. The SMILES string of the molecule is CC(=O)OCC[C@]1(C)C([C@H](C)CC[C@H](C)C(C)C)CCC1[C@@H]1CC=C2C[C@@H](O)CC[C@]2(C)C1=O. The Bertz CT molecular complexity index is 770. The summed E-state index contributed by atoms with van der Waals surface area (Å²) in [6, 6.07) is 0. The van der Waals surface area contributed by atoms with Crippen molar-refractivity contribution >= 4 is 11.8 Å². The zero-order valence-corrected chi connectivity index (χ0v) is 22.9. The van der Waals surface area contributed by atoms with E-state index >= 15 is 0 Å². The molecule has 0 aromatic rings. The maximum absolute atomic E-state index is 14.0. The molecule has 0 bridgehead atoms. The van der Waals surface area contributed by atoms with Crippen LogP contribution < -0.4 is 0 Å². The van der Waals surface area contributed by atoms with Gasteiger partial charge in [0.15, 0.2) is 0 Å². The lowest BCUT2D eigenvalue weighted by molar-refractivity contribution is -0.143. The molecule has 2 unspecified atom stereocenters. The van der Waals surface area contributed by atoms with Crippen molar-refractivity contribution in [3.8, 4) is 0 Å². The fourth-order valence-electron chi connectivity index (χ4n) is 7.65.